The average Bonchev–Trinajstić information content (AvgIpc) is 2.20. The van der Waals surface area contributed by atoms with Gasteiger partial charge >= 0.3 is 0 Å². The zero-order valence-electron chi connectivity index (χ0n) is 7.15. The van der Waals surface area contributed by atoms with Gasteiger partial charge in [-0.05, 0) is 33.0 Å². The molecule has 0 aromatic rings. The molecule has 1 heterocycles. The summed E-state index contributed by atoms with van der Waals surface area (Å²) in [6.07, 6.45) is 1.27. The summed E-state index contributed by atoms with van der Waals surface area (Å²) in [4.78, 5) is 2.19. The summed E-state index contributed by atoms with van der Waals surface area (Å²) in [6, 6.07) is 0. The number of hydrogen-bond donors (Lipinski definition) is 0. The fraction of sp³-hybridized carbons (Fsp3) is 1.00. The minimum absolute atomic E-state index is 0.199. The second-order valence-electron chi connectivity index (χ2n) is 1.84. The molecular formula is C7H17N. The van der Waals surface area contributed by atoms with Crippen molar-refractivity contribution in [3.63, 3.8) is 0 Å². The summed E-state index contributed by atoms with van der Waals surface area (Å²) in [6.45, 7) is 6.09. The van der Waals surface area contributed by atoms with E-state index in [1.807, 2.05) is 13.8 Å². The second kappa shape index (κ2) is 5.10. The van der Waals surface area contributed by atoms with E-state index in [9.17, 15) is 0 Å². The largest absolute Gasteiger partial charge is 0.306 e. The van der Waals surface area contributed by atoms with Gasteiger partial charge in [-0.2, -0.15) is 0 Å². The van der Waals surface area contributed by atoms with Gasteiger partial charge in [0.25, 0.3) is 0 Å². The van der Waals surface area contributed by atoms with Crippen molar-refractivity contribution in [1.82, 2.24) is 4.90 Å². The van der Waals surface area contributed by atoms with Crippen molar-refractivity contribution in [2.45, 2.75) is 26.7 Å². The topological polar surface area (TPSA) is 3.24 Å². The van der Waals surface area contributed by atoms with Crippen molar-refractivity contribution < 1.29 is 1.37 Å². The maximum Gasteiger partial charge on any atom is 0.0280 e. The molecule has 1 aliphatic heterocycles. The van der Waals surface area contributed by atoms with E-state index >= 15 is 0 Å². The first-order chi connectivity index (χ1) is 4.29. The van der Waals surface area contributed by atoms with Gasteiger partial charge in [0.2, 0.25) is 0 Å². The van der Waals surface area contributed by atoms with Crippen LogP contribution in [-0.4, -0.2) is 25.0 Å². The van der Waals surface area contributed by atoms with Gasteiger partial charge in [-0.3, -0.25) is 0 Å². The van der Waals surface area contributed by atoms with Crippen molar-refractivity contribution in [1.29, 1.82) is 0 Å². The van der Waals surface area contributed by atoms with Gasteiger partial charge in [0.05, 0.1) is 0 Å². The Kier molecular flexibility index (Phi) is 3.88. The predicted molar refractivity (Wildman–Crippen MR) is 38.1 cm³/mol. The first-order valence-corrected chi connectivity index (χ1v) is 3.40. The molecule has 0 amide bonds. The minimum Gasteiger partial charge on any atom is -0.306 e. The third kappa shape index (κ3) is 3.03. The van der Waals surface area contributed by atoms with E-state index < -0.39 is 0 Å². The van der Waals surface area contributed by atoms with Gasteiger partial charge in [-0.15, -0.1) is 0 Å². The fourth-order valence-corrected chi connectivity index (χ4v) is 0.715. The van der Waals surface area contributed by atoms with Gasteiger partial charge in [0.1, 0.15) is 0 Å². The summed E-state index contributed by atoms with van der Waals surface area (Å²) in [5.74, 6) is 0. The maximum atomic E-state index is 7.22. The van der Waals surface area contributed by atoms with Crippen LogP contribution in [0.1, 0.15) is 28.0 Å². The zero-order valence-corrected chi connectivity index (χ0v) is 6.15. The lowest BCUT2D eigenvalue weighted by atomic mass is 10.4. The quantitative estimate of drug-likeness (QED) is 0.466. The van der Waals surface area contributed by atoms with Crippen LogP contribution < -0.4 is 0 Å². The number of hydrogen-bond acceptors (Lipinski definition) is 1. The lowest BCUT2D eigenvalue weighted by molar-refractivity contribution is 0.418. The molecule has 8 heavy (non-hydrogen) atoms. The smallest absolute Gasteiger partial charge is 0.0280 e. The normalized spacial score (nSPS) is 30.9. The molecule has 1 saturated heterocycles. The van der Waals surface area contributed by atoms with Crippen molar-refractivity contribution in [3.8, 4) is 0 Å². The standard InChI is InChI=1S/C5H11N.C2H6/c1-6-4-2-3-5-6;1-2/h2-5H2,1H3;1-2H3/i2D;. The molecular weight excluding hydrogens is 98.1 g/mol. The Morgan fingerprint density at radius 3 is 2.12 bits per heavy atom. The molecule has 0 radical (unpaired) electrons. The van der Waals surface area contributed by atoms with E-state index in [0.717, 1.165) is 19.5 Å². The van der Waals surface area contributed by atoms with Gasteiger partial charge in [0, 0.05) is 1.37 Å². The highest BCUT2D eigenvalue weighted by Crippen LogP contribution is 2.01. The first kappa shape index (κ1) is 6.09. The van der Waals surface area contributed by atoms with E-state index in [2.05, 4.69) is 11.9 Å². The third-order valence-electron chi connectivity index (χ3n) is 1.16. The first-order valence-electron chi connectivity index (χ1n) is 3.97. The number of rotatable bonds is 0. The molecule has 0 aromatic carbocycles. The molecule has 0 bridgehead atoms. The monoisotopic (exact) mass is 116 g/mol. The molecule has 0 spiro atoms. The number of nitrogens with zero attached hydrogens (tertiary/aromatic N) is 1. The van der Waals surface area contributed by atoms with Crippen molar-refractivity contribution >= 4 is 0 Å². The third-order valence-corrected chi connectivity index (χ3v) is 1.16. The molecule has 50 valence electrons. The van der Waals surface area contributed by atoms with Crippen molar-refractivity contribution in [2.24, 2.45) is 0 Å². The van der Waals surface area contributed by atoms with E-state index in [1.165, 1.54) is 0 Å². The van der Waals surface area contributed by atoms with Crippen LogP contribution >= 0.6 is 0 Å². The SMILES string of the molecule is CC.[2H]C1CCN(C)C1. The highest BCUT2D eigenvalue weighted by molar-refractivity contribution is 4.59. The molecule has 1 fully saturated rings. The van der Waals surface area contributed by atoms with Crippen LogP contribution in [0.3, 0.4) is 0 Å². The molecule has 1 nitrogen and oxygen atoms in total. The lowest BCUT2D eigenvalue weighted by Crippen LogP contribution is -2.10. The van der Waals surface area contributed by atoms with Crippen LogP contribution in [0.25, 0.3) is 0 Å². The van der Waals surface area contributed by atoms with E-state index in [-0.39, 0.29) is 6.40 Å². The summed E-state index contributed by atoms with van der Waals surface area (Å²) in [7, 11) is 2.06. The molecule has 0 N–H and O–H groups in total. The molecule has 1 rings (SSSR count). The lowest BCUT2D eigenvalue weighted by Gasteiger charge is -2.01. The van der Waals surface area contributed by atoms with E-state index in [0.29, 0.717) is 0 Å². The minimum atomic E-state index is 0.199. The summed E-state index contributed by atoms with van der Waals surface area (Å²) >= 11 is 0. The Balaban J connectivity index is 0.000000291. The van der Waals surface area contributed by atoms with Crippen LogP contribution in [0.15, 0.2) is 0 Å². The molecule has 0 aromatic heterocycles. The van der Waals surface area contributed by atoms with Gasteiger partial charge in [-0.25, -0.2) is 0 Å². The molecule has 1 heteroatoms. The molecule has 1 unspecified atom stereocenters. The van der Waals surface area contributed by atoms with Crippen LogP contribution in [0.5, 0.6) is 0 Å². The van der Waals surface area contributed by atoms with Crippen molar-refractivity contribution in [3.05, 3.63) is 0 Å². The van der Waals surface area contributed by atoms with Crippen LogP contribution in [0, 0.1) is 0 Å². The summed E-state index contributed by atoms with van der Waals surface area (Å²) < 4.78 is 7.22. The highest BCUT2D eigenvalue weighted by atomic mass is 15.1. The van der Waals surface area contributed by atoms with E-state index in [4.69, 9.17) is 1.37 Å². The summed E-state index contributed by atoms with van der Waals surface area (Å²) in [5.41, 5.74) is 0. The van der Waals surface area contributed by atoms with Gasteiger partial charge < -0.3 is 4.90 Å². The Labute approximate surface area is 54.1 Å². The second-order valence-corrected chi connectivity index (χ2v) is 1.84. The number of likely N-dealkylation sites (tertiary alicyclic amines) is 1. The van der Waals surface area contributed by atoms with Crippen molar-refractivity contribution in [2.75, 3.05) is 20.1 Å². The van der Waals surface area contributed by atoms with Crippen LogP contribution in [0.2, 0.25) is 0 Å². The van der Waals surface area contributed by atoms with Gasteiger partial charge in [-0.1, -0.05) is 13.8 Å². The highest BCUT2D eigenvalue weighted by Gasteiger charge is 2.03. The molecule has 0 aliphatic carbocycles. The van der Waals surface area contributed by atoms with Gasteiger partial charge in [0.15, 0.2) is 0 Å². The summed E-state index contributed by atoms with van der Waals surface area (Å²) in [5, 5.41) is 0. The molecule has 1 aliphatic rings. The Morgan fingerprint density at radius 1 is 1.38 bits per heavy atom. The Bertz CT molecular complexity index is 57.9. The van der Waals surface area contributed by atoms with Crippen LogP contribution in [0.4, 0.5) is 0 Å². The maximum absolute atomic E-state index is 7.22. The van der Waals surface area contributed by atoms with E-state index in [1.54, 1.807) is 0 Å². The van der Waals surface area contributed by atoms with Crippen LogP contribution in [-0.2, 0) is 0 Å². The Morgan fingerprint density at radius 2 is 2.00 bits per heavy atom. The Hall–Kier alpha value is -0.0400. The fourth-order valence-electron chi connectivity index (χ4n) is 0.715. The molecule has 0 saturated carbocycles. The predicted octanol–water partition coefficient (Wildman–Crippen LogP) is 1.74. The zero-order chi connectivity index (χ0) is 7.28. The molecule has 1 atom stereocenters. The average molecular weight is 116 g/mol.